The van der Waals surface area contributed by atoms with Crippen molar-refractivity contribution in [1.82, 2.24) is 10.6 Å². The molecule has 6 unspecified atom stereocenters. The Bertz CT molecular complexity index is 1430. The van der Waals surface area contributed by atoms with Crippen LogP contribution in [0, 0.1) is 11.8 Å². The molecule has 0 saturated heterocycles. The largest absolute Gasteiger partial charge is 0.480 e. The molecule has 0 spiro atoms. The van der Waals surface area contributed by atoms with E-state index in [1.165, 1.54) is 13.8 Å². The molecular weight excluding hydrogens is 607 g/mol. The van der Waals surface area contributed by atoms with Gasteiger partial charge in [0.1, 0.15) is 18.0 Å². The van der Waals surface area contributed by atoms with Gasteiger partial charge in [0.2, 0.25) is 12.2 Å². The summed E-state index contributed by atoms with van der Waals surface area (Å²) >= 11 is 1.54. The van der Waals surface area contributed by atoms with Crippen LogP contribution in [0.3, 0.4) is 0 Å². The SMILES string of the molecule is CC(OC(=O)NC(c1ccccc1)C(O)([PH+]=O)C(Cc1ccc(-c2ccsc2)cc1)C(=O)NC(C)C(=O)O)OC(=O)C(C)C. The number of amides is 2. The number of benzene rings is 2. The van der Waals surface area contributed by atoms with Gasteiger partial charge in [-0.2, -0.15) is 11.3 Å². The van der Waals surface area contributed by atoms with Gasteiger partial charge in [-0.3, -0.25) is 14.4 Å². The zero-order valence-electron chi connectivity index (χ0n) is 24.7. The molecule has 0 bridgehead atoms. The van der Waals surface area contributed by atoms with Gasteiger partial charge >= 0.3 is 26.5 Å². The highest BCUT2D eigenvalue weighted by molar-refractivity contribution is 7.25. The Kier molecular flexibility index (Phi) is 12.2. The van der Waals surface area contributed by atoms with Crippen molar-refractivity contribution in [3.63, 3.8) is 0 Å². The molecule has 0 aliphatic carbocycles. The third-order valence-electron chi connectivity index (χ3n) is 6.85. The highest BCUT2D eigenvalue weighted by atomic mass is 32.1. The first-order valence-corrected chi connectivity index (χ1v) is 15.7. The molecule has 0 aliphatic heterocycles. The maximum atomic E-state index is 13.6. The van der Waals surface area contributed by atoms with Gasteiger partial charge < -0.3 is 30.3 Å². The van der Waals surface area contributed by atoms with Gasteiger partial charge in [-0.15, -0.1) is 0 Å². The van der Waals surface area contributed by atoms with Gasteiger partial charge in [-0.1, -0.05) is 73.0 Å². The summed E-state index contributed by atoms with van der Waals surface area (Å²) in [6.45, 7) is 5.82. The first-order valence-electron chi connectivity index (χ1n) is 13.8. The zero-order chi connectivity index (χ0) is 32.4. The van der Waals surface area contributed by atoms with E-state index in [1.54, 1.807) is 67.6 Å². The number of carbonyl (C=O) groups is 4. The molecule has 6 atom stereocenters. The minimum absolute atomic E-state index is 0.156. The standard InChI is InChI=1S/C31H35N2O9PS/c1-18(2)29(37)41-20(4)42-30(38)33-26(23-8-6-5-7-9-23)31(39,43-40)25(27(34)32-19(3)28(35)36)16-21-10-12-22(13-11-21)24-14-15-44-17-24/h5-15,17-20,25-26,39H,16H2,1-4H3,(H,32,34)(H,33,38)(H,35,36)/p+1. The number of thiophene rings is 1. The summed E-state index contributed by atoms with van der Waals surface area (Å²) in [7, 11) is -1.57. The van der Waals surface area contributed by atoms with E-state index in [9.17, 15) is 34.0 Å². The smallest absolute Gasteiger partial charge is 0.410 e. The lowest BCUT2D eigenvalue weighted by atomic mass is 9.85. The van der Waals surface area contributed by atoms with Crippen LogP contribution in [0.25, 0.3) is 11.1 Å². The predicted octanol–water partition coefficient (Wildman–Crippen LogP) is 4.89. The number of hydrogen-bond donors (Lipinski definition) is 4. The van der Waals surface area contributed by atoms with Crippen LogP contribution in [0.15, 0.2) is 71.4 Å². The number of carbonyl (C=O) groups excluding carboxylic acids is 3. The lowest BCUT2D eigenvalue weighted by Gasteiger charge is -2.33. The molecule has 0 aliphatic rings. The van der Waals surface area contributed by atoms with Gasteiger partial charge in [-0.25, -0.2) is 4.79 Å². The third kappa shape index (κ3) is 8.95. The fourth-order valence-corrected chi connectivity index (χ4v) is 5.77. The van der Waals surface area contributed by atoms with Crippen molar-refractivity contribution < 1.29 is 43.4 Å². The lowest BCUT2D eigenvalue weighted by molar-refractivity contribution is -0.169. The average molecular weight is 644 g/mol. The molecule has 2 aromatic carbocycles. The van der Waals surface area contributed by atoms with Crippen LogP contribution >= 0.6 is 19.8 Å². The first-order chi connectivity index (χ1) is 20.8. The monoisotopic (exact) mass is 643 g/mol. The maximum absolute atomic E-state index is 13.6. The molecule has 234 valence electrons. The number of aliphatic carboxylic acids is 1. The molecule has 3 rings (SSSR count). The van der Waals surface area contributed by atoms with Crippen molar-refractivity contribution in [2.24, 2.45) is 11.8 Å². The second-order valence-electron chi connectivity index (χ2n) is 10.5. The van der Waals surface area contributed by atoms with E-state index in [0.717, 1.165) is 11.1 Å². The second-order valence-corrected chi connectivity index (χ2v) is 12.3. The highest BCUT2D eigenvalue weighted by Gasteiger charge is 2.57. The normalized spacial score (nSPS) is 15.3. The average Bonchev–Trinajstić information content (AvgIpc) is 3.54. The Morgan fingerprint density at radius 3 is 2.11 bits per heavy atom. The predicted molar refractivity (Wildman–Crippen MR) is 165 cm³/mol. The number of nitrogens with one attached hydrogen (secondary N) is 2. The molecule has 44 heavy (non-hydrogen) atoms. The zero-order valence-corrected chi connectivity index (χ0v) is 26.5. The van der Waals surface area contributed by atoms with Crippen molar-refractivity contribution in [2.45, 2.75) is 57.8 Å². The van der Waals surface area contributed by atoms with Gasteiger partial charge in [0.05, 0.1) is 5.92 Å². The van der Waals surface area contributed by atoms with Crippen molar-refractivity contribution in [2.75, 3.05) is 0 Å². The Labute approximate surface area is 260 Å². The molecule has 0 saturated carbocycles. The van der Waals surface area contributed by atoms with Gasteiger partial charge in [0, 0.05) is 6.92 Å². The van der Waals surface area contributed by atoms with Crippen LogP contribution in [0.1, 0.15) is 44.9 Å². The number of esters is 1. The van der Waals surface area contributed by atoms with E-state index in [0.29, 0.717) is 11.1 Å². The van der Waals surface area contributed by atoms with Crippen molar-refractivity contribution in [3.05, 3.63) is 82.6 Å². The molecule has 11 nitrogen and oxygen atoms in total. The Morgan fingerprint density at radius 1 is 0.909 bits per heavy atom. The molecule has 1 heterocycles. The molecule has 13 heteroatoms. The quantitative estimate of drug-likeness (QED) is 0.109. The third-order valence-corrected chi connectivity index (χ3v) is 8.50. The second kappa shape index (κ2) is 15.6. The Morgan fingerprint density at radius 2 is 1.57 bits per heavy atom. The summed E-state index contributed by atoms with van der Waals surface area (Å²) in [6, 6.07) is 14.4. The molecular formula is C31H36N2O9PS+. The van der Waals surface area contributed by atoms with Crippen LogP contribution in [-0.4, -0.2) is 51.8 Å². The molecule has 0 radical (unpaired) electrons. The highest BCUT2D eigenvalue weighted by Crippen LogP contribution is 2.43. The van der Waals surface area contributed by atoms with Crippen LogP contribution < -0.4 is 10.6 Å². The number of alkyl carbamates (subject to hydrolysis) is 1. The van der Waals surface area contributed by atoms with Crippen molar-refractivity contribution in [3.8, 4) is 11.1 Å². The van der Waals surface area contributed by atoms with E-state index in [4.69, 9.17) is 9.47 Å². The van der Waals surface area contributed by atoms with E-state index in [1.807, 2.05) is 29.0 Å². The lowest BCUT2D eigenvalue weighted by Crippen LogP contribution is -2.54. The Balaban J connectivity index is 2.00. The molecule has 1 aromatic heterocycles. The molecule has 3 aromatic rings. The number of hydrogen-bond acceptors (Lipinski definition) is 9. The van der Waals surface area contributed by atoms with E-state index < -0.39 is 68.0 Å². The van der Waals surface area contributed by atoms with Crippen LogP contribution in [0.4, 0.5) is 4.79 Å². The molecule has 0 fully saturated rings. The van der Waals surface area contributed by atoms with E-state index in [-0.39, 0.29) is 6.42 Å². The molecule has 4 N–H and O–H groups in total. The number of carboxylic acids is 1. The number of aliphatic hydroxyl groups is 1. The van der Waals surface area contributed by atoms with E-state index in [2.05, 4.69) is 10.6 Å². The topological polar surface area (TPSA) is 168 Å². The summed E-state index contributed by atoms with van der Waals surface area (Å²) in [6.07, 6.45) is -2.56. The van der Waals surface area contributed by atoms with Crippen molar-refractivity contribution >= 4 is 43.7 Å². The number of rotatable bonds is 14. The summed E-state index contributed by atoms with van der Waals surface area (Å²) in [5.74, 6) is -4.77. The fourth-order valence-electron chi connectivity index (χ4n) is 4.37. The summed E-state index contributed by atoms with van der Waals surface area (Å²) in [5.41, 5.74) is 2.81. The number of ether oxygens (including phenoxy) is 2. The number of carboxylic acid groups (broad SMARTS) is 1. The maximum Gasteiger partial charge on any atom is 0.410 e. The summed E-state index contributed by atoms with van der Waals surface area (Å²) in [5, 5.41) is 27.9. The van der Waals surface area contributed by atoms with Crippen molar-refractivity contribution in [1.29, 1.82) is 0 Å². The summed E-state index contributed by atoms with van der Waals surface area (Å²) < 4.78 is 23.2. The summed E-state index contributed by atoms with van der Waals surface area (Å²) in [4.78, 5) is 50.2. The Hall–Kier alpha value is -4.12. The first kappa shape index (κ1) is 34.4. The fraction of sp³-hybridized carbons (Fsp3) is 0.355. The minimum atomic E-state index is -2.45. The van der Waals surface area contributed by atoms with Crippen LogP contribution in [0.5, 0.6) is 0 Å². The van der Waals surface area contributed by atoms with Crippen LogP contribution in [-0.2, 0) is 34.8 Å². The van der Waals surface area contributed by atoms with E-state index >= 15 is 0 Å². The van der Waals surface area contributed by atoms with Gasteiger partial charge in [0.25, 0.3) is 5.34 Å². The molecule has 2 amide bonds. The van der Waals surface area contributed by atoms with Gasteiger partial charge in [0.15, 0.2) is 0 Å². The van der Waals surface area contributed by atoms with Gasteiger partial charge in [-0.05, 0) is 52.4 Å². The van der Waals surface area contributed by atoms with Crippen LogP contribution in [0.2, 0.25) is 0 Å². The minimum Gasteiger partial charge on any atom is -0.480 e.